The third-order valence-corrected chi connectivity index (χ3v) is 3.65. The highest BCUT2D eigenvalue weighted by Gasteiger charge is 2.18. The average Bonchev–Trinajstić information content (AvgIpc) is 2.56. The van der Waals surface area contributed by atoms with Crippen LogP contribution in [0.5, 0.6) is 0 Å². The summed E-state index contributed by atoms with van der Waals surface area (Å²) < 4.78 is 10.5. The fourth-order valence-corrected chi connectivity index (χ4v) is 2.51. The highest BCUT2D eigenvalue weighted by atomic mass is 16.5. The second-order valence-corrected chi connectivity index (χ2v) is 5.16. The maximum Gasteiger partial charge on any atom is 0.131 e. The first-order valence-corrected chi connectivity index (χ1v) is 7.22. The van der Waals surface area contributed by atoms with E-state index < -0.39 is 0 Å². The summed E-state index contributed by atoms with van der Waals surface area (Å²) in [5, 5.41) is 0. The SMILES string of the molecule is COCc1cccc(-c2cnc(C3CCOCC3)nc2)n1. The van der Waals surface area contributed by atoms with E-state index in [2.05, 4.69) is 15.0 Å². The van der Waals surface area contributed by atoms with Crippen LogP contribution >= 0.6 is 0 Å². The summed E-state index contributed by atoms with van der Waals surface area (Å²) in [5.74, 6) is 1.33. The van der Waals surface area contributed by atoms with Crippen LogP contribution in [0.2, 0.25) is 0 Å². The summed E-state index contributed by atoms with van der Waals surface area (Å²) in [7, 11) is 1.67. The fourth-order valence-electron chi connectivity index (χ4n) is 2.51. The molecule has 5 nitrogen and oxygen atoms in total. The average molecular weight is 285 g/mol. The van der Waals surface area contributed by atoms with Gasteiger partial charge in [-0.25, -0.2) is 9.97 Å². The Kier molecular flexibility index (Phi) is 4.52. The molecule has 0 radical (unpaired) electrons. The Bertz CT molecular complexity index is 580. The van der Waals surface area contributed by atoms with Gasteiger partial charge in [-0.05, 0) is 25.0 Å². The molecule has 21 heavy (non-hydrogen) atoms. The van der Waals surface area contributed by atoms with Crippen LogP contribution in [0.25, 0.3) is 11.3 Å². The Morgan fingerprint density at radius 3 is 2.67 bits per heavy atom. The first kappa shape index (κ1) is 14.1. The maximum absolute atomic E-state index is 5.37. The van der Waals surface area contributed by atoms with E-state index in [4.69, 9.17) is 9.47 Å². The van der Waals surface area contributed by atoms with Crippen LogP contribution < -0.4 is 0 Å². The van der Waals surface area contributed by atoms with Gasteiger partial charge in [0.2, 0.25) is 0 Å². The molecule has 1 aliphatic heterocycles. The smallest absolute Gasteiger partial charge is 0.131 e. The monoisotopic (exact) mass is 285 g/mol. The van der Waals surface area contributed by atoms with Gasteiger partial charge in [-0.3, -0.25) is 4.98 Å². The zero-order valence-corrected chi connectivity index (χ0v) is 12.2. The summed E-state index contributed by atoms with van der Waals surface area (Å²) in [6, 6.07) is 5.89. The molecule has 0 unspecified atom stereocenters. The minimum absolute atomic E-state index is 0.417. The number of rotatable bonds is 4. The fraction of sp³-hybridized carbons (Fsp3) is 0.438. The third-order valence-electron chi connectivity index (χ3n) is 3.65. The Hall–Kier alpha value is -1.85. The number of methoxy groups -OCH3 is 1. The summed E-state index contributed by atoms with van der Waals surface area (Å²) in [6.07, 6.45) is 5.72. The second kappa shape index (κ2) is 6.74. The first-order valence-electron chi connectivity index (χ1n) is 7.22. The predicted molar refractivity (Wildman–Crippen MR) is 78.8 cm³/mol. The topological polar surface area (TPSA) is 57.1 Å². The molecule has 0 amide bonds. The summed E-state index contributed by atoms with van der Waals surface area (Å²) in [5.41, 5.74) is 2.72. The maximum atomic E-state index is 5.37. The van der Waals surface area contributed by atoms with Gasteiger partial charge in [0.25, 0.3) is 0 Å². The van der Waals surface area contributed by atoms with Gasteiger partial charge in [0, 0.05) is 44.2 Å². The Labute approximate surface area is 124 Å². The number of ether oxygens (including phenoxy) is 2. The number of hydrogen-bond acceptors (Lipinski definition) is 5. The van der Waals surface area contributed by atoms with Gasteiger partial charge in [-0.1, -0.05) is 6.07 Å². The summed E-state index contributed by atoms with van der Waals surface area (Å²) in [6.45, 7) is 2.11. The van der Waals surface area contributed by atoms with Gasteiger partial charge < -0.3 is 9.47 Å². The first-order chi connectivity index (χ1) is 10.4. The molecule has 0 N–H and O–H groups in total. The van der Waals surface area contributed by atoms with E-state index in [1.54, 1.807) is 7.11 Å². The quantitative estimate of drug-likeness (QED) is 0.864. The van der Waals surface area contributed by atoms with E-state index >= 15 is 0 Å². The lowest BCUT2D eigenvalue weighted by Crippen LogP contribution is -2.16. The highest BCUT2D eigenvalue weighted by molar-refractivity contribution is 5.56. The van der Waals surface area contributed by atoms with Crippen LogP contribution in [-0.2, 0) is 16.1 Å². The molecular weight excluding hydrogens is 266 g/mol. The van der Waals surface area contributed by atoms with Crippen molar-refractivity contribution in [3.63, 3.8) is 0 Å². The Balaban J connectivity index is 1.78. The molecule has 0 bridgehead atoms. The van der Waals surface area contributed by atoms with Crippen molar-refractivity contribution >= 4 is 0 Å². The zero-order chi connectivity index (χ0) is 14.5. The Morgan fingerprint density at radius 2 is 1.95 bits per heavy atom. The van der Waals surface area contributed by atoms with E-state index in [0.717, 1.165) is 48.8 Å². The van der Waals surface area contributed by atoms with Gasteiger partial charge in [0.15, 0.2) is 0 Å². The summed E-state index contributed by atoms with van der Waals surface area (Å²) >= 11 is 0. The highest BCUT2D eigenvalue weighted by Crippen LogP contribution is 2.24. The van der Waals surface area contributed by atoms with Crippen LogP contribution in [0.4, 0.5) is 0 Å². The molecule has 0 spiro atoms. The minimum Gasteiger partial charge on any atom is -0.381 e. The van der Waals surface area contributed by atoms with Crippen LogP contribution in [-0.4, -0.2) is 35.3 Å². The third kappa shape index (κ3) is 3.43. The molecule has 0 aliphatic carbocycles. The lowest BCUT2D eigenvalue weighted by Gasteiger charge is -2.20. The van der Waals surface area contributed by atoms with Crippen molar-refractivity contribution < 1.29 is 9.47 Å². The van der Waals surface area contributed by atoms with Crippen molar-refractivity contribution in [3.05, 3.63) is 42.1 Å². The van der Waals surface area contributed by atoms with Crippen molar-refractivity contribution in [2.45, 2.75) is 25.4 Å². The minimum atomic E-state index is 0.417. The van der Waals surface area contributed by atoms with Gasteiger partial charge in [-0.2, -0.15) is 0 Å². The van der Waals surface area contributed by atoms with Crippen LogP contribution in [0, 0.1) is 0 Å². The molecule has 0 aromatic carbocycles. The van der Waals surface area contributed by atoms with Crippen molar-refractivity contribution in [2.75, 3.05) is 20.3 Å². The van der Waals surface area contributed by atoms with Crippen LogP contribution in [0.15, 0.2) is 30.6 Å². The number of aromatic nitrogens is 3. The molecule has 1 fully saturated rings. The van der Waals surface area contributed by atoms with E-state index in [-0.39, 0.29) is 0 Å². The van der Waals surface area contributed by atoms with Crippen molar-refractivity contribution in [1.82, 2.24) is 15.0 Å². The number of nitrogens with zero attached hydrogens (tertiary/aromatic N) is 3. The number of pyridine rings is 1. The van der Waals surface area contributed by atoms with Crippen molar-refractivity contribution in [1.29, 1.82) is 0 Å². The van der Waals surface area contributed by atoms with Gasteiger partial charge in [-0.15, -0.1) is 0 Å². The van der Waals surface area contributed by atoms with Crippen molar-refractivity contribution in [3.8, 4) is 11.3 Å². The standard InChI is InChI=1S/C16H19N3O2/c1-20-11-14-3-2-4-15(19-14)13-9-17-16(18-10-13)12-5-7-21-8-6-12/h2-4,9-10,12H,5-8,11H2,1H3. The van der Waals surface area contributed by atoms with E-state index in [1.807, 2.05) is 30.6 Å². The molecule has 5 heteroatoms. The molecule has 110 valence electrons. The zero-order valence-electron chi connectivity index (χ0n) is 12.2. The van der Waals surface area contributed by atoms with Gasteiger partial charge in [0.1, 0.15) is 5.82 Å². The van der Waals surface area contributed by atoms with Gasteiger partial charge in [0.05, 0.1) is 18.0 Å². The molecule has 2 aromatic heterocycles. The number of hydrogen-bond donors (Lipinski definition) is 0. The predicted octanol–water partition coefficient (Wildman–Crippen LogP) is 2.58. The summed E-state index contributed by atoms with van der Waals surface area (Å²) in [4.78, 5) is 13.6. The molecule has 3 rings (SSSR count). The van der Waals surface area contributed by atoms with Crippen molar-refractivity contribution in [2.24, 2.45) is 0 Å². The molecule has 2 aromatic rings. The normalized spacial score (nSPS) is 16.0. The molecule has 0 saturated carbocycles. The van der Waals surface area contributed by atoms with Crippen LogP contribution in [0.1, 0.15) is 30.3 Å². The second-order valence-electron chi connectivity index (χ2n) is 5.16. The largest absolute Gasteiger partial charge is 0.381 e. The molecule has 1 aliphatic rings. The lowest BCUT2D eigenvalue weighted by atomic mass is 9.99. The Morgan fingerprint density at radius 1 is 1.19 bits per heavy atom. The molecule has 0 atom stereocenters. The van der Waals surface area contributed by atoms with E-state index in [0.29, 0.717) is 12.5 Å². The van der Waals surface area contributed by atoms with Gasteiger partial charge >= 0.3 is 0 Å². The molecular formula is C16H19N3O2. The van der Waals surface area contributed by atoms with E-state index in [9.17, 15) is 0 Å². The molecule has 1 saturated heterocycles. The molecule has 3 heterocycles. The van der Waals surface area contributed by atoms with E-state index in [1.165, 1.54) is 0 Å². The van der Waals surface area contributed by atoms with Crippen LogP contribution in [0.3, 0.4) is 0 Å². The lowest BCUT2D eigenvalue weighted by molar-refractivity contribution is 0.0836.